The number of rotatable bonds is 5. The van der Waals surface area contributed by atoms with Gasteiger partial charge >= 0.3 is 0 Å². The number of nitrogens with two attached hydrogens (primary N) is 1. The van der Waals surface area contributed by atoms with Crippen LogP contribution in [0.3, 0.4) is 0 Å². The van der Waals surface area contributed by atoms with Crippen LogP contribution in [-0.2, 0) is 4.79 Å². The van der Waals surface area contributed by atoms with Gasteiger partial charge in [-0.15, -0.1) is 0 Å². The van der Waals surface area contributed by atoms with Crippen LogP contribution in [0.15, 0.2) is 24.3 Å². The molecular formula is C14H18N4O2. The van der Waals surface area contributed by atoms with Crippen molar-refractivity contribution in [1.82, 2.24) is 15.3 Å². The van der Waals surface area contributed by atoms with E-state index in [1.54, 1.807) is 0 Å². The number of amides is 2. The van der Waals surface area contributed by atoms with Crippen molar-refractivity contribution in [2.75, 3.05) is 0 Å². The Morgan fingerprint density at radius 2 is 2.05 bits per heavy atom. The SMILES string of the molecule is CC(C)C[C@H](NC(=O)c1nc2ccccc2[nH]1)C(N)=O. The smallest absolute Gasteiger partial charge is 0.287 e. The quantitative estimate of drug-likeness (QED) is 0.763. The summed E-state index contributed by atoms with van der Waals surface area (Å²) in [5.74, 6) is -0.529. The zero-order valence-corrected chi connectivity index (χ0v) is 11.5. The molecule has 0 bridgehead atoms. The summed E-state index contributed by atoms with van der Waals surface area (Å²) in [7, 11) is 0. The summed E-state index contributed by atoms with van der Waals surface area (Å²) >= 11 is 0. The molecule has 0 unspecified atom stereocenters. The first kappa shape index (κ1) is 14.0. The van der Waals surface area contributed by atoms with Crippen LogP contribution >= 0.6 is 0 Å². The summed E-state index contributed by atoms with van der Waals surface area (Å²) < 4.78 is 0. The monoisotopic (exact) mass is 274 g/mol. The molecule has 0 aliphatic rings. The van der Waals surface area contributed by atoms with Gasteiger partial charge in [0.25, 0.3) is 5.91 Å². The van der Waals surface area contributed by atoms with Crippen LogP contribution in [0.2, 0.25) is 0 Å². The zero-order valence-electron chi connectivity index (χ0n) is 11.5. The highest BCUT2D eigenvalue weighted by molar-refractivity contribution is 5.96. The summed E-state index contributed by atoms with van der Waals surface area (Å²) in [5.41, 5.74) is 6.78. The lowest BCUT2D eigenvalue weighted by molar-refractivity contribution is -0.120. The summed E-state index contributed by atoms with van der Waals surface area (Å²) in [6, 6.07) is 6.65. The van der Waals surface area contributed by atoms with Crippen LogP contribution in [0, 0.1) is 5.92 Å². The van der Waals surface area contributed by atoms with Gasteiger partial charge < -0.3 is 16.0 Å². The van der Waals surface area contributed by atoms with Crippen LogP contribution in [0.5, 0.6) is 0 Å². The Labute approximate surface area is 116 Å². The van der Waals surface area contributed by atoms with Crippen LogP contribution in [-0.4, -0.2) is 27.8 Å². The van der Waals surface area contributed by atoms with Crippen molar-refractivity contribution in [2.45, 2.75) is 26.3 Å². The number of para-hydroxylation sites is 2. The number of imidazole rings is 1. The van der Waals surface area contributed by atoms with Crippen molar-refractivity contribution in [3.63, 3.8) is 0 Å². The number of hydrogen-bond donors (Lipinski definition) is 3. The lowest BCUT2D eigenvalue weighted by atomic mass is 10.0. The molecule has 6 nitrogen and oxygen atoms in total. The van der Waals surface area contributed by atoms with Gasteiger partial charge in [-0.2, -0.15) is 0 Å². The molecule has 0 fully saturated rings. The fourth-order valence-corrected chi connectivity index (χ4v) is 2.00. The molecule has 1 atom stereocenters. The molecule has 2 amide bonds. The molecule has 0 spiro atoms. The van der Waals surface area contributed by atoms with Crippen LogP contribution in [0.25, 0.3) is 11.0 Å². The molecule has 106 valence electrons. The minimum atomic E-state index is -0.685. The van der Waals surface area contributed by atoms with Crippen LogP contribution < -0.4 is 11.1 Å². The molecular weight excluding hydrogens is 256 g/mol. The number of H-pyrrole nitrogens is 1. The predicted molar refractivity (Wildman–Crippen MR) is 76.0 cm³/mol. The van der Waals surface area contributed by atoms with E-state index in [9.17, 15) is 9.59 Å². The van der Waals surface area contributed by atoms with Gasteiger partial charge in [0.1, 0.15) is 6.04 Å². The van der Waals surface area contributed by atoms with E-state index in [1.165, 1.54) is 0 Å². The average Bonchev–Trinajstić information content (AvgIpc) is 2.81. The van der Waals surface area contributed by atoms with E-state index in [-0.39, 0.29) is 11.7 Å². The average molecular weight is 274 g/mol. The second kappa shape index (κ2) is 5.73. The predicted octanol–water partition coefficient (Wildman–Crippen LogP) is 1.19. The molecule has 4 N–H and O–H groups in total. The lowest BCUT2D eigenvalue weighted by Gasteiger charge is -2.16. The Morgan fingerprint density at radius 3 is 2.65 bits per heavy atom. The van der Waals surface area contributed by atoms with Gasteiger partial charge in [0.05, 0.1) is 11.0 Å². The minimum absolute atomic E-state index is 0.182. The summed E-state index contributed by atoms with van der Waals surface area (Å²) in [6.07, 6.45) is 0.501. The fourth-order valence-electron chi connectivity index (χ4n) is 2.00. The number of aromatic nitrogens is 2. The number of carbonyl (C=O) groups is 2. The number of benzene rings is 1. The molecule has 0 saturated carbocycles. The first-order chi connectivity index (χ1) is 9.47. The van der Waals surface area contributed by atoms with Crippen LogP contribution in [0.4, 0.5) is 0 Å². The van der Waals surface area contributed by atoms with E-state index in [2.05, 4.69) is 15.3 Å². The second-order valence-corrected chi connectivity index (χ2v) is 5.16. The van der Waals surface area contributed by atoms with Crippen molar-refractivity contribution in [3.05, 3.63) is 30.1 Å². The van der Waals surface area contributed by atoms with Gasteiger partial charge in [-0.3, -0.25) is 9.59 Å². The van der Waals surface area contributed by atoms with Gasteiger partial charge in [0, 0.05) is 0 Å². The first-order valence-electron chi connectivity index (χ1n) is 6.52. The summed E-state index contributed by atoms with van der Waals surface area (Å²) in [4.78, 5) is 30.6. The lowest BCUT2D eigenvalue weighted by Crippen LogP contribution is -2.45. The van der Waals surface area contributed by atoms with E-state index in [0.29, 0.717) is 11.9 Å². The van der Waals surface area contributed by atoms with Crippen molar-refractivity contribution in [3.8, 4) is 0 Å². The number of carbonyl (C=O) groups excluding carboxylic acids is 2. The Morgan fingerprint density at radius 1 is 1.35 bits per heavy atom. The summed E-state index contributed by atoms with van der Waals surface area (Å²) in [6.45, 7) is 3.92. The molecule has 20 heavy (non-hydrogen) atoms. The number of primary amides is 1. The third-order valence-corrected chi connectivity index (χ3v) is 2.96. The van der Waals surface area contributed by atoms with Gasteiger partial charge in [-0.25, -0.2) is 4.98 Å². The minimum Gasteiger partial charge on any atom is -0.368 e. The molecule has 1 heterocycles. The van der Waals surface area contributed by atoms with Gasteiger partial charge in [-0.1, -0.05) is 26.0 Å². The van der Waals surface area contributed by atoms with Crippen molar-refractivity contribution >= 4 is 22.8 Å². The van der Waals surface area contributed by atoms with Gasteiger partial charge in [0.15, 0.2) is 5.82 Å². The third kappa shape index (κ3) is 3.14. The Bertz CT molecular complexity index is 600. The normalized spacial score (nSPS) is 12.6. The molecule has 0 aliphatic carbocycles. The van der Waals surface area contributed by atoms with Crippen molar-refractivity contribution in [1.29, 1.82) is 0 Å². The Hall–Kier alpha value is -2.37. The molecule has 1 aromatic heterocycles. The van der Waals surface area contributed by atoms with E-state index < -0.39 is 17.9 Å². The standard InChI is InChI=1S/C14H18N4O2/c1-8(2)7-11(12(15)19)18-14(20)13-16-9-5-3-4-6-10(9)17-13/h3-6,8,11H,7H2,1-2H3,(H2,15,19)(H,16,17)(H,18,20)/t11-/m0/s1. The summed E-state index contributed by atoms with van der Waals surface area (Å²) in [5, 5.41) is 2.62. The van der Waals surface area contributed by atoms with Crippen molar-refractivity contribution < 1.29 is 9.59 Å². The number of aromatic amines is 1. The number of nitrogens with one attached hydrogen (secondary N) is 2. The maximum Gasteiger partial charge on any atom is 0.287 e. The Balaban J connectivity index is 2.15. The molecule has 6 heteroatoms. The fraction of sp³-hybridized carbons (Fsp3) is 0.357. The molecule has 0 radical (unpaired) electrons. The second-order valence-electron chi connectivity index (χ2n) is 5.16. The highest BCUT2D eigenvalue weighted by Gasteiger charge is 2.21. The highest BCUT2D eigenvalue weighted by atomic mass is 16.2. The maximum atomic E-state index is 12.1. The maximum absolute atomic E-state index is 12.1. The first-order valence-corrected chi connectivity index (χ1v) is 6.52. The number of nitrogens with zero attached hydrogens (tertiary/aromatic N) is 1. The molecule has 0 saturated heterocycles. The Kier molecular flexibility index (Phi) is 4.02. The highest BCUT2D eigenvalue weighted by Crippen LogP contribution is 2.11. The third-order valence-electron chi connectivity index (χ3n) is 2.96. The van der Waals surface area contributed by atoms with Crippen LogP contribution in [0.1, 0.15) is 30.9 Å². The van der Waals surface area contributed by atoms with Gasteiger partial charge in [-0.05, 0) is 24.5 Å². The molecule has 2 aromatic rings. The van der Waals surface area contributed by atoms with E-state index in [4.69, 9.17) is 5.73 Å². The van der Waals surface area contributed by atoms with E-state index in [0.717, 1.165) is 5.52 Å². The van der Waals surface area contributed by atoms with E-state index >= 15 is 0 Å². The zero-order chi connectivity index (χ0) is 14.7. The largest absolute Gasteiger partial charge is 0.368 e. The number of fused-ring (bicyclic) bond motifs is 1. The molecule has 2 rings (SSSR count). The van der Waals surface area contributed by atoms with Crippen molar-refractivity contribution in [2.24, 2.45) is 11.7 Å². The van der Waals surface area contributed by atoms with Gasteiger partial charge in [0.2, 0.25) is 5.91 Å². The molecule has 0 aliphatic heterocycles. The topological polar surface area (TPSA) is 101 Å². The molecule has 1 aromatic carbocycles. The van der Waals surface area contributed by atoms with E-state index in [1.807, 2.05) is 38.1 Å². The number of hydrogen-bond acceptors (Lipinski definition) is 3.